The van der Waals surface area contributed by atoms with Crippen molar-refractivity contribution in [2.75, 3.05) is 6.54 Å². The summed E-state index contributed by atoms with van der Waals surface area (Å²) in [5.41, 5.74) is 0.833. The van der Waals surface area contributed by atoms with E-state index in [1.807, 2.05) is 6.07 Å². The molecule has 0 spiro atoms. The van der Waals surface area contributed by atoms with Crippen LogP contribution in [0.5, 0.6) is 0 Å². The second kappa shape index (κ2) is 7.15. The Hall–Kier alpha value is -2.37. The molecule has 0 radical (unpaired) electrons. The highest BCUT2D eigenvalue weighted by atomic mass is 16.4. The topological polar surface area (TPSA) is 104 Å². The van der Waals surface area contributed by atoms with Gasteiger partial charge in [0.2, 0.25) is 5.91 Å². The molecule has 1 unspecified atom stereocenters. The molecule has 0 aliphatic carbocycles. The Morgan fingerprint density at radius 3 is 2.21 bits per heavy atom. The number of rotatable bonds is 7. The van der Waals surface area contributed by atoms with E-state index in [0.717, 1.165) is 5.56 Å². The lowest BCUT2D eigenvalue weighted by Gasteiger charge is -2.14. The molecule has 0 fully saturated rings. The van der Waals surface area contributed by atoms with Crippen LogP contribution in [0.15, 0.2) is 30.3 Å². The molecule has 0 saturated carbocycles. The number of carbonyl (C=O) groups excluding carboxylic acids is 1. The van der Waals surface area contributed by atoms with Gasteiger partial charge in [0.15, 0.2) is 0 Å². The Balaban J connectivity index is 2.68. The van der Waals surface area contributed by atoms with Crippen LogP contribution in [-0.4, -0.2) is 34.6 Å². The van der Waals surface area contributed by atoms with Gasteiger partial charge in [-0.25, -0.2) is 0 Å². The normalized spacial score (nSPS) is 11.6. The Bertz CT molecular complexity index is 457. The summed E-state index contributed by atoms with van der Waals surface area (Å²) in [4.78, 5) is 32.9. The third-order valence-electron chi connectivity index (χ3n) is 2.53. The van der Waals surface area contributed by atoms with E-state index in [2.05, 4.69) is 5.32 Å². The van der Waals surface area contributed by atoms with Crippen molar-refractivity contribution >= 4 is 17.8 Å². The molecule has 6 nitrogen and oxygen atoms in total. The summed E-state index contributed by atoms with van der Waals surface area (Å²) in [6.07, 6.45) is -0.0705. The van der Waals surface area contributed by atoms with Crippen molar-refractivity contribution in [3.8, 4) is 0 Å². The van der Waals surface area contributed by atoms with E-state index >= 15 is 0 Å². The molecule has 0 bridgehead atoms. The van der Waals surface area contributed by atoms with E-state index in [1.165, 1.54) is 0 Å². The average Bonchev–Trinajstić information content (AvgIpc) is 2.36. The third kappa shape index (κ3) is 5.67. The summed E-state index contributed by atoms with van der Waals surface area (Å²) in [6.45, 7) is -0.510. The summed E-state index contributed by atoms with van der Waals surface area (Å²) in [5.74, 6) is -3.60. The van der Waals surface area contributed by atoms with Crippen LogP contribution in [0.3, 0.4) is 0 Å². The zero-order valence-electron chi connectivity index (χ0n) is 10.2. The van der Waals surface area contributed by atoms with Gasteiger partial charge in [-0.05, 0) is 12.0 Å². The van der Waals surface area contributed by atoms with Crippen molar-refractivity contribution in [2.24, 2.45) is 5.92 Å². The van der Waals surface area contributed by atoms with Gasteiger partial charge in [-0.1, -0.05) is 30.3 Å². The summed E-state index contributed by atoms with van der Waals surface area (Å²) >= 11 is 0. The van der Waals surface area contributed by atoms with Crippen LogP contribution in [0.2, 0.25) is 0 Å². The van der Waals surface area contributed by atoms with Gasteiger partial charge in [0.1, 0.15) is 6.54 Å². The van der Waals surface area contributed by atoms with E-state index < -0.39 is 30.3 Å². The van der Waals surface area contributed by atoms with Crippen LogP contribution in [-0.2, 0) is 20.8 Å². The fourth-order valence-corrected chi connectivity index (χ4v) is 1.67. The molecular weight excluding hydrogens is 250 g/mol. The molecule has 1 rings (SSSR count). The summed E-state index contributed by atoms with van der Waals surface area (Å²) in [5, 5.41) is 19.5. The van der Waals surface area contributed by atoms with Gasteiger partial charge in [-0.15, -0.1) is 0 Å². The number of carboxylic acid groups (broad SMARTS) is 2. The predicted octanol–water partition coefficient (Wildman–Crippen LogP) is 0.521. The number of carbonyl (C=O) groups is 3. The lowest BCUT2D eigenvalue weighted by molar-refractivity contribution is -0.141. The number of hydrogen-bond acceptors (Lipinski definition) is 3. The summed E-state index contributed by atoms with van der Waals surface area (Å²) in [7, 11) is 0. The highest BCUT2D eigenvalue weighted by Gasteiger charge is 2.22. The number of nitrogens with one attached hydrogen (secondary N) is 1. The van der Waals surface area contributed by atoms with Crippen molar-refractivity contribution < 1.29 is 24.6 Å². The van der Waals surface area contributed by atoms with Crippen molar-refractivity contribution in [1.82, 2.24) is 5.32 Å². The molecule has 102 valence electrons. The highest BCUT2D eigenvalue weighted by molar-refractivity contribution is 5.86. The lowest BCUT2D eigenvalue weighted by Crippen LogP contribution is -2.36. The standard InChI is InChI=1S/C13H15NO5/c15-11(16)7-10(13(19)14-8-12(17)18)6-9-4-2-1-3-5-9/h1-5,10H,6-8H2,(H,14,19)(H,15,16)(H,17,18). The Kier molecular flexibility index (Phi) is 5.53. The quantitative estimate of drug-likeness (QED) is 0.666. The highest BCUT2D eigenvalue weighted by Crippen LogP contribution is 2.12. The molecule has 0 aliphatic rings. The van der Waals surface area contributed by atoms with Crippen molar-refractivity contribution in [1.29, 1.82) is 0 Å². The van der Waals surface area contributed by atoms with Crippen LogP contribution >= 0.6 is 0 Å². The van der Waals surface area contributed by atoms with Gasteiger partial charge >= 0.3 is 11.9 Å². The number of hydrogen-bond donors (Lipinski definition) is 3. The molecule has 1 aromatic carbocycles. The zero-order valence-corrected chi connectivity index (χ0v) is 10.2. The average molecular weight is 265 g/mol. The maximum atomic E-state index is 11.7. The second-order valence-corrected chi connectivity index (χ2v) is 4.10. The summed E-state index contributed by atoms with van der Waals surface area (Å²) in [6, 6.07) is 8.99. The molecule has 1 amide bonds. The molecule has 6 heteroatoms. The fourth-order valence-electron chi connectivity index (χ4n) is 1.67. The van der Waals surface area contributed by atoms with E-state index in [0.29, 0.717) is 0 Å². The molecular formula is C13H15NO5. The maximum absolute atomic E-state index is 11.7. The number of benzene rings is 1. The zero-order chi connectivity index (χ0) is 14.3. The third-order valence-corrected chi connectivity index (χ3v) is 2.53. The first-order valence-electron chi connectivity index (χ1n) is 5.74. The molecule has 0 heterocycles. The van der Waals surface area contributed by atoms with E-state index in [-0.39, 0.29) is 12.8 Å². The number of carboxylic acids is 2. The first kappa shape index (κ1) is 14.7. The molecule has 3 N–H and O–H groups in total. The van der Waals surface area contributed by atoms with Crippen molar-refractivity contribution in [3.05, 3.63) is 35.9 Å². The number of amides is 1. The molecule has 19 heavy (non-hydrogen) atoms. The van der Waals surface area contributed by atoms with Crippen molar-refractivity contribution in [2.45, 2.75) is 12.8 Å². The minimum atomic E-state index is -1.16. The largest absolute Gasteiger partial charge is 0.481 e. The molecule has 0 aromatic heterocycles. The van der Waals surface area contributed by atoms with Crippen LogP contribution in [0.4, 0.5) is 0 Å². The van der Waals surface area contributed by atoms with Gasteiger partial charge in [-0.2, -0.15) is 0 Å². The smallest absolute Gasteiger partial charge is 0.322 e. The number of aliphatic carboxylic acids is 2. The molecule has 0 saturated heterocycles. The fraction of sp³-hybridized carbons (Fsp3) is 0.308. The van der Waals surface area contributed by atoms with Gasteiger partial charge in [0.25, 0.3) is 0 Å². The van der Waals surface area contributed by atoms with E-state index in [9.17, 15) is 14.4 Å². The molecule has 1 atom stereocenters. The molecule has 1 aromatic rings. The van der Waals surface area contributed by atoms with E-state index in [1.54, 1.807) is 24.3 Å². The first-order valence-corrected chi connectivity index (χ1v) is 5.74. The van der Waals surface area contributed by atoms with Crippen molar-refractivity contribution in [3.63, 3.8) is 0 Å². The molecule has 0 aliphatic heterocycles. The van der Waals surface area contributed by atoms with Gasteiger partial charge < -0.3 is 15.5 Å². The Morgan fingerprint density at radius 1 is 1.05 bits per heavy atom. The second-order valence-electron chi connectivity index (χ2n) is 4.10. The van der Waals surface area contributed by atoms with Crippen LogP contribution in [0.1, 0.15) is 12.0 Å². The first-order chi connectivity index (χ1) is 8.99. The summed E-state index contributed by atoms with van der Waals surface area (Å²) < 4.78 is 0. The van der Waals surface area contributed by atoms with E-state index in [4.69, 9.17) is 10.2 Å². The SMILES string of the molecule is O=C(O)CNC(=O)C(CC(=O)O)Cc1ccccc1. The van der Waals surface area contributed by atoms with Gasteiger partial charge in [-0.3, -0.25) is 14.4 Å². The Labute approximate surface area is 110 Å². The van der Waals surface area contributed by atoms with Crippen LogP contribution in [0, 0.1) is 5.92 Å². The van der Waals surface area contributed by atoms with Gasteiger partial charge in [0, 0.05) is 0 Å². The van der Waals surface area contributed by atoms with Crippen LogP contribution in [0.25, 0.3) is 0 Å². The maximum Gasteiger partial charge on any atom is 0.322 e. The predicted molar refractivity (Wildman–Crippen MR) is 66.5 cm³/mol. The van der Waals surface area contributed by atoms with Crippen LogP contribution < -0.4 is 5.32 Å². The lowest BCUT2D eigenvalue weighted by atomic mass is 9.95. The minimum Gasteiger partial charge on any atom is -0.481 e. The monoisotopic (exact) mass is 265 g/mol. The Morgan fingerprint density at radius 2 is 1.68 bits per heavy atom. The minimum absolute atomic E-state index is 0.262. The van der Waals surface area contributed by atoms with Gasteiger partial charge in [0.05, 0.1) is 12.3 Å².